The van der Waals surface area contributed by atoms with Crippen LogP contribution < -0.4 is 5.56 Å². The van der Waals surface area contributed by atoms with Gasteiger partial charge in [0.25, 0.3) is 0 Å². The van der Waals surface area contributed by atoms with Crippen molar-refractivity contribution in [1.29, 1.82) is 0 Å². The van der Waals surface area contributed by atoms with E-state index >= 15 is 0 Å². The van der Waals surface area contributed by atoms with Crippen LogP contribution in [0.2, 0.25) is 0 Å². The van der Waals surface area contributed by atoms with Crippen LogP contribution in [0.3, 0.4) is 0 Å². The van der Waals surface area contributed by atoms with E-state index in [9.17, 15) is 4.79 Å². The molecule has 0 amide bonds. The molecule has 0 spiro atoms. The minimum absolute atomic E-state index is 0. The fraction of sp³-hybridized carbons (Fsp3) is 0. The minimum Gasteiger partial charge on any atom is -0.347 e. The van der Waals surface area contributed by atoms with Crippen molar-refractivity contribution < 1.29 is 21.1 Å². The van der Waals surface area contributed by atoms with E-state index in [2.05, 4.69) is 16.0 Å². The van der Waals surface area contributed by atoms with E-state index < -0.39 is 0 Å². The second-order valence-electron chi connectivity index (χ2n) is 2.56. The first-order chi connectivity index (χ1) is 6.36. The first kappa shape index (κ1) is 10.9. The van der Waals surface area contributed by atoms with Crippen molar-refractivity contribution in [3.05, 3.63) is 52.9 Å². The fourth-order valence-corrected chi connectivity index (χ4v) is 1.05. The Balaban J connectivity index is 0.000000980. The first-order valence-corrected chi connectivity index (χ1v) is 3.89. The zero-order chi connectivity index (χ0) is 9.10. The molecule has 0 radical (unpaired) electrons. The number of aromatic amines is 1. The minimum atomic E-state index is -0.151. The molecule has 0 saturated carbocycles. The van der Waals surface area contributed by atoms with Crippen molar-refractivity contribution in [2.24, 2.45) is 0 Å². The van der Waals surface area contributed by atoms with Crippen LogP contribution in [0.5, 0.6) is 0 Å². The third-order valence-corrected chi connectivity index (χ3v) is 1.64. The van der Waals surface area contributed by atoms with Gasteiger partial charge in [-0.25, -0.2) is 0 Å². The summed E-state index contributed by atoms with van der Waals surface area (Å²) >= 11 is 0. The number of benzene rings is 1. The van der Waals surface area contributed by atoms with Crippen LogP contribution in [-0.4, -0.2) is 9.97 Å². The molecule has 1 aromatic carbocycles. The number of hydrogen-bond donors (Lipinski definition) is 1. The van der Waals surface area contributed by atoms with Gasteiger partial charge in [0.05, 0.1) is 5.82 Å². The van der Waals surface area contributed by atoms with Gasteiger partial charge in [-0.15, -0.1) is 35.9 Å². The summed E-state index contributed by atoms with van der Waals surface area (Å²) in [6.45, 7) is 0. The van der Waals surface area contributed by atoms with E-state index in [1.807, 2.05) is 18.2 Å². The van der Waals surface area contributed by atoms with Gasteiger partial charge < -0.3 is 4.98 Å². The Morgan fingerprint density at radius 3 is 2.79 bits per heavy atom. The molecule has 3 nitrogen and oxygen atoms in total. The molecule has 70 valence electrons. The second kappa shape index (κ2) is 4.87. The largest absolute Gasteiger partial charge is 0.347 e. The summed E-state index contributed by atoms with van der Waals surface area (Å²) in [6.07, 6.45) is 1.48. The zero-order valence-electron chi connectivity index (χ0n) is 7.23. The molecule has 0 bridgehead atoms. The molecule has 2 rings (SSSR count). The number of H-pyrrole nitrogens is 1. The molecule has 0 fully saturated rings. The molecule has 1 heterocycles. The predicted octanol–water partition coefficient (Wildman–Crippen LogP) is 1.23. The van der Waals surface area contributed by atoms with E-state index in [1.165, 1.54) is 12.3 Å². The Morgan fingerprint density at radius 2 is 2.14 bits per heavy atom. The van der Waals surface area contributed by atoms with E-state index in [4.69, 9.17) is 0 Å². The van der Waals surface area contributed by atoms with Crippen LogP contribution in [0, 0.1) is 6.07 Å². The first-order valence-electron chi connectivity index (χ1n) is 3.89. The summed E-state index contributed by atoms with van der Waals surface area (Å²) in [6, 6.07) is 11.7. The van der Waals surface area contributed by atoms with Crippen LogP contribution in [-0.2, 0) is 21.1 Å². The van der Waals surface area contributed by atoms with Crippen LogP contribution in [0.1, 0.15) is 0 Å². The molecule has 0 aliphatic heterocycles. The molecule has 4 heteroatoms. The van der Waals surface area contributed by atoms with Gasteiger partial charge in [-0.2, -0.15) is 0 Å². The Kier molecular flexibility index (Phi) is 3.78. The van der Waals surface area contributed by atoms with Crippen LogP contribution >= 0.6 is 0 Å². The molecule has 2 aromatic rings. The van der Waals surface area contributed by atoms with Gasteiger partial charge in [0, 0.05) is 33.3 Å². The number of hydrogen-bond acceptors (Lipinski definition) is 2. The number of nitrogens with one attached hydrogen (secondary N) is 1. The summed E-state index contributed by atoms with van der Waals surface area (Å²) in [5.41, 5.74) is 0.641. The Bertz CT molecular complexity index is 453. The van der Waals surface area contributed by atoms with E-state index in [0.29, 0.717) is 5.82 Å². The molecule has 0 atom stereocenters. The summed E-state index contributed by atoms with van der Waals surface area (Å²) < 4.78 is 0. The summed E-state index contributed by atoms with van der Waals surface area (Å²) in [5, 5.41) is 0. The van der Waals surface area contributed by atoms with Gasteiger partial charge in [-0.3, -0.25) is 9.78 Å². The molecular weight excluding hydrogens is 348 g/mol. The maximum atomic E-state index is 11.0. The third kappa shape index (κ3) is 2.39. The SMILES string of the molecule is O=c1ccnc(-c2[c-]cccc2)[nH]1.[W]. The number of aromatic nitrogens is 2. The Hall–Kier alpha value is -1.21. The van der Waals surface area contributed by atoms with Crippen molar-refractivity contribution >= 4 is 0 Å². The zero-order valence-corrected chi connectivity index (χ0v) is 10.2. The van der Waals surface area contributed by atoms with Gasteiger partial charge in [0.15, 0.2) is 0 Å². The van der Waals surface area contributed by atoms with Crippen LogP contribution in [0.4, 0.5) is 0 Å². The molecule has 0 unspecified atom stereocenters. The van der Waals surface area contributed by atoms with Gasteiger partial charge >= 0.3 is 0 Å². The standard InChI is InChI=1S/C10H7N2O.W/c13-9-6-7-11-10(12-9)8-4-2-1-3-5-8;/h1-4,6-7H,(H,11,12,13);/q-1;. The van der Waals surface area contributed by atoms with Crippen molar-refractivity contribution in [2.45, 2.75) is 0 Å². The van der Waals surface area contributed by atoms with Gasteiger partial charge in [0.2, 0.25) is 5.56 Å². The average molecular weight is 355 g/mol. The van der Waals surface area contributed by atoms with E-state index in [-0.39, 0.29) is 26.6 Å². The molecular formula is C10H7N2OW-. The molecule has 0 saturated heterocycles. The monoisotopic (exact) mass is 355 g/mol. The molecule has 0 aliphatic carbocycles. The summed E-state index contributed by atoms with van der Waals surface area (Å²) in [7, 11) is 0. The van der Waals surface area contributed by atoms with Gasteiger partial charge in [0.1, 0.15) is 0 Å². The maximum absolute atomic E-state index is 11.0. The predicted molar refractivity (Wildman–Crippen MR) is 49.1 cm³/mol. The quantitative estimate of drug-likeness (QED) is 0.783. The topological polar surface area (TPSA) is 45.8 Å². The summed E-state index contributed by atoms with van der Waals surface area (Å²) in [5.74, 6) is 0.549. The number of nitrogens with zero attached hydrogens (tertiary/aromatic N) is 1. The van der Waals surface area contributed by atoms with Crippen molar-refractivity contribution in [3.63, 3.8) is 0 Å². The normalized spacial score (nSPS) is 9.14. The van der Waals surface area contributed by atoms with Gasteiger partial charge in [-0.1, -0.05) is 0 Å². The van der Waals surface area contributed by atoms with E-state index in [1.54, 1.807) is 6.07 Å². The maximum Gasteiger partial charge on any atom is 0.242 e. The molecule has 0 aliphatic rings. The molecule has 1 N–H and O–H groups in total. The van der Waals surface area contributed by atoms with E-state index in [0.717, 1.165) is 5.56 Å². The second-order valence-corrected chi connectivity index (χ2v) is 2.56. The van der Waals surface area contributed by atoms with Crippen molar-refractivity contribution in [3.8, 4) is 11.4 Å². The van der Waals surface area contributed by atoms with Gasteiger partial charge in [-0.05, 0) is 0 Å². The van der Waals surface area contributed by atoms with Crippen molar-refractivity contribution in [2.75, 3.05) is 0 Å². The third-order valence-electron chi connectivity index (χ3n) is 1.64. The Morgan fingerprint density at radius 1 is 1.29 bits per heavy atom. The fourth-order valence-electron chi connectivity index (χ4n) is 1.05. The van der Waals surface area contributed by atoms with Crippen molar-refractivity contribution in [1.82, 2.24) is 9.97 Å². The van der Waals surface area contributed by atoms with Crippen LogP contribution in [0.25, 0.3) is 11.4 Å². The molecule has 14 heavy (non-hydrogen) atoms. The number of rotatable bonds is 1. The molecule has 1 aromatic heterocycles. The average Bonchev–Trinajstić information content (AvgIpc) is 2.19. The van der Waals surface area contributed by atoms with Crippen LogP contribution in [0.15, 0.2) is 41.3 Å². The smallest absolute Gasteiger partial charge is 0.242 e. The Labute approximate surface area is 95.5 Å². The summed E-state index contributed by atoms with van der Waals surface area (Å²) in [4.78, 5) is 17.6.